The average molecular weight is 362 g/mol. The van der Waals surface area contributed by atoms with Gasteiger partial charge >= 0.3 is 0 Å². The monoisotopic (exact) mass is 362 g/mol. The predicted octanol–water partition coefficient (Wildman–Crippen LogP) is 3.34. The third-order valence-corrected chi connectivity index (χ3v) is 3.66. The molecular weight excluding hydrogens is 351 g/mol. The number of anilines is 1. The number of fused-ring (bicyclic) bond motifs is 1. The number of rotatable bonds is 2. The lowest BCUT2D eigenvalue weighted by atomic mass is 10.1. The highest BCUT2D eigenvalue weighted by atomic mass is 127. The van der Waals surface area contributed by atoms with Gasteiger partial charge in [-0.1, -0.05) is 18.2 Å². The summed E-state index contributed by atoms with van der Waals surface area (Å²) in [6.45, 7) is 0. The number of hydrogen-bond donors (Lipinski definition) is 1. The van der Waals surface area contributed by atoms with Crippen molar-refractivity contribution in [1.82, 2.24) is 15.0 Å². The van der Waals surface area contributed by atoms with Crippen molar-refractivity contribution < 1.29 is 0 Å². The van der Waals surface area contributed by atoms with E-state index in [1.165, 1.54) is 0 Å². The molecule has 3 aromatic rings. The highest BCUT2D eigenvalue weighted by molar-refractivity contribution is 14.1. The van der Waals surface area contributed by atoms with Gasteiger partial charge in [0.2, 0.25) is 0 Å². The predicted molar refractivity (Wildman–Crippen MR) is 85.0 cm³/mol. The Morgan fingerprint density at radius 1 is 1.11 bits per heavy atom. The van der Waals surface area contributed by atoms with E-state index in [1.54, 1.807) is 6.20 Å². The van der Waals surface area contributed by atoms with Gasteiger partial charge < -0.3 is 5.32 Å². The van der Waals surface area contributed by atoms with Crippen molar-refractivity contribution in [2.24, 2.45) is 0 Å². The molecule has 0 spiro atoms. The molecule has 2 heterocycles. The Balaban J connectivity index is 2.24. The van der Waals surface area contributed by atoms with Gasteiger partial charge in [-0.3, -0.25) is 4.98 Å². The third kappa shape index (κ3) is 2.25. The van der Waals surface area contributed by atoms with Crippen LogP contribution < -0.4 is 5.32 Å². The summed E-state index contributed by atoms with van der Waals surface area (Å²) in [5.74, 6) is 1.55. The molecule has 0 saturated heterocycles. The van der Waals surface area contributed by atoms with Crippen molar-refractivity contribution in [3.63, 3.8) is 0 Å². The molecular formula is C14H11IN4. The summed E-state index contributed by atoms with van der Waals surface area (Å²) in [6, 6.07) is 9.96. The van der Waals surface area contributed by atoms with Crippen LogP contribution in [0.5, 0.6) is 0 Å². The second-order valence-corrected chi connectivity index (χ2v) is 5.18. The molecule has 1 aromatic carbocycles. The van der Waals surface area contributed by atoms with Crippen LogP contribution in [0.2, 0.25) is 0 Å². The summed E-state index contributed by atoms with van der Waals surface area (Å²) in [5, 5.41) is 4.14. The number of aromatic nitrogens is 3. The van der Waals surface area contributed by atoms with Gasteiger partial charge in [0.15, 0.2) is 5.82 Å². The Labute approximate surface area is 124 Å². The topological polar surface area (TPSA) is 50.7 Å². The number of pyridine rings is 1. The number of hydrogen-bond acceptors (Lipinski definition) is 4. The SMILES string of the molecule is CNc1nc(-c2ccnc3ccccc23)ncc1I. The molecule has 0 aliphatic rings. The fourth-order valence-corrected chi connectivity index (χ4v) is 2.49. The van der Waals surface area contributed by atoms with Crippen molar-refractivity contribution in [3.05, 3.63) is 46.3 Å². The van der Waals surface area contributed by atoms with Gasteiger partial charge in [0.25, 0.3) is 0 Å². The molecule has 4 nitrogen and oxygen atoms in total. The molecule has 1 N–H and O–H groups in total. The Bertz CT molecular complexity index is 737. The van der Waals surface area contributed by atoms with Gasteiger partial charge in [0.1, 0.15) is 5.82 Å². The molecule has 0 aliphatic heterocycles. The van der Waals surface area contributed by atoms with E-state index in [4.69, 9.17) is 0 Å². The van der Waals surface area contributed by atoms with Crippen molar-refractivity contribution >= 4 is 39.3 Å². The second kappa shape index (κ2) is 5.08. The number of nitrogens with zero attached hydrogens (tertiary/aromatic N) is 3. The zero-order valence-corrected chi connectivity index (χ0v) is 12.4. The van der Waals surface area contributed by atoms with E-state index >= 15 is 0 Å². The summed E-state index contributed by atoms with van der Waals surface area (Å²) in [7, 11) is 1.86. The minimum atomic E-state index is 0.711. The standard InChI is InChI=1S/C14H11IN4/c1-16-14-11(15)8-18-13(19-14)10-6-7-17-12-5-3-2-4-9(10)12/h2-8H,1H3,(H,16,18,19). The van der Waals surface area contributed by atoms with E-state index in [1.807, 2.05) is 43.6 Å². The molecule has 0 unspecified atom stereocenters. The highest BCUT2D eigenvalue weighted by Crippen LogP contribution is 2.26. The normalized spacial score (nSPS) is 10.6. The number of para-hydroxylation sites is 1. The maximum Gasteiger partial charge on any atom is 0.162 e. The van der Waals surface area contributed by atoms with Crippen LogP contribution in [0, 0.1) is 3.57 Å². The average Bonchev–Trinajstić information content (AvgIpc) is 2.47. The molecule has 3 rings (SSSR count). The van der Waals surface area contributed by atoms with E-state index in [0.29, 0.717) is 5.82 Å². The smallest absolute Gasteiger partial charge is 0.162 e. The van der Waals surface area contributed by atoms with Gasteiger partial charge in [-0.15, -0.1) is 0 Å². The van der Waals surface area contributed by atoms with E-state index in [9.17, 15) is 0 Å². The first-order chi connectivity index (χ1) is 9.29. The molecule has 0 fully saturated rings. The van der Waals surface area contributed by atoms with Gasteiger partial charge in [-0.25, -0.2) is 9.97 Å². The molecule has 0 saturated carbocycles. The molecule has 0 radical (unpaired) electrons. The molecule has 94 valence electrons. The summed E-state index contributed by atoms with van der Waals surface area (Å²) >= 11 is 2.21. The summed E-state index contributed by atoms with van der Waals surface area (Å²) in [5.41, 5.74) is 1.95. The highest BCUT2D eigenvalue weighted by Gasteiger charge is 2.09. The fraction of sp³-hybridized carbons (Fsp3) is 0.0714. The summed E-state index contributed by atoms with van der Waals surface area (Å²) in [6.07, 6.45) is 3.61. The van der Waals surface area contributed by atoms with Crippen LogP contribution in [0.15, 0.2) is 42.7 Å². The zero-order chi connectivity index (χ0) is 13.2. The Hall–Kier alpha value is -1.76. The van der Waals surface area contributed by atoms with Crippen molar-refractivity contribution in [2.75, 3.05) is 12.4 Å². The maximum absolute atomic E-state index is 4.55. The van der Waals surface area contributed by atoms with Gasteiger partial charge in [-0.2, -0.15) is 0 Å². The Morgan fingerprint density at radius 2 is 1.95 bits per heavy atom. The fourth-order valence-electron chi connectivity index (χ4n) is 1.96. The summed E-state index contributed by atoms with van der Waals surface area (Å²) in [4.78, 5) is 13.3. The van der Waals surface area contributed by atoms with Crippen LogP contribution in [0.3, 0.4) is 0 Å². The Morgan fingerprint density at radius 3 is 2.79 bits per heavy atom. The van der Waals surface area contributed by atoms with E-state index in [-0.39, 0.29) is 0 Å². The van der Waals surface area contributed by atoms with E-state index < -0.39 is 0 Å². The van der Waals surface area contributed by atoms with Crippen LogP contribution in [0.1, 0.15) is 0 Å². The van der Waals surface area contributed by atoms with Crippen LogP contribution in [0.25, 0.3) is 22.3 Å². The van der Waals surface area contributed by atoms with Crippen molar-refractivity contribution in [3.8, 4) is 11.4 Å². The van der Waals surface area contributed by atoms with Crippen LogP contribution >= 0.6 is 22.6 Å². The Kier molecular flexibility index (Phi) is 3.29. The summed E-state index contributed by atoms with van der Waals surface area (Å²) < 4.78 is 1.00. The molecule has 0 atom stereocenters. The molecule has 2 aromatic heterocycles. The minimum Gasteiger partial charge on any atom is -0.372 e. The number of halogens is 1. The number of nitrogens with one attached hydrogen (secondary N) is 1. The first-order valence-electron chi connectivity index (χ1n) is 5.84. The van der Waals surface area contributed by atoms with E-state index in [0.717, 1.165) is 25.9 Å². The zero-order valence-electron chi connectivity index (χ0n) is 10.3. The quantitative estimate of drug-likeness (QED) is 0.711. The molecule has 19 heavy (non-hydrogen) atoms. The lowest BCUT2D eigenvalue weighted by Gasteiger charge is -2.07. The van der Waals surface area contributed by atoms with Crippen molar-refractivity contribution in [1.29, 1.82) is 0 Å². The molecule has 0 bridgehead atoms. The molecule has 0 aliphatic carbocycles. The first kappa shape index (κ1) is 12.3. The number of benzene rings is 1. The molecule has 0 amide bonds. The lowest BCUT2D eigenvalue weighted by Crippen LogP contribution is -1.99. The van der Waals surface area contributed by atoms with Crippen LogP contribution in [0.4, 0.5) is 5.82 Å². The largest absolute Gasteiger partial charge is 0.372 e. The first-order valence-corrected chi connectivity index (χ1v) is 6.92. The lowest BCUT2D eigenvalue weighted by molar-refractivity contribution is 1.15. The maximum atomic E-state index is 4.55. The van der Waals surface area contributed by atoms with Gasteiger partial charge in [-0.05, 0) is 34.7 Å². The minimum absolute atomic E-state index is 0.711. The van der Waals surface area contributed by atoms with Crippen LogP contribution in [-0.2, 0) is 0 Å². The second-order valence-electron chi connectivity index (χ2n) is 4.02. The van der Waals surface area contributed by atoms with E-state index in [2.05, 4.69) is 42.9 Å². The van der Waals surface area contributed by atoms with Gasteiger partial charge in [0, 0.05) is 30.4 Å². The molecule has 5 heteroatoms. The van der Waals surface area contributed by atoms with Gasteiger partial charge in [0.05, 0.1) is 9.09 Å². The van der Waals surface area contributed by atoms with Crippen LogP contribution in [-0.4, -0.2) is 22.0 Å². The van der Waals surface area contributed by atoms with Crippen molar-refractivity contribution in [2.45, 2.75) is 0 Å². The third-order valence-electron chi connectivity index (χ3n) is 2.87.